The number of rotatable bonds is 6. The first-order valence-electron chi connectivity index (χ1n) is 5.11. The lowest BCUT2D eigenvalue weighted by Crippen LogP contribution is -2.42. The third-order valence-corrected chi connectivity index (χ3v) is 1.99. The molecule has 14 heavy (non-hydrogen) atoms. The fourth-order valence-electron chi connectivity index (χ4n) is 1.15. The quantitative estimate of drug-likeness (QED) is 0.578. The van der Waals surface area contributed by atoms with Crippen molar-refractivity contribution < 1.29 is 9.90 Å². The van der Waals surface area contributed by atoms with Crippen molar-refractivity contribution in [3.63, 3.8) is 0 Å². The minimum atomic E-state index is -0.860. The Morgan fingerprint density at radius 3 is 2.50 bits per heavy atom. The summed E-state index contributed by atoms with van der Waals surface area (Å²) < 4.78 is 0. The number of nitrogens with one attached hydrogen (secondary N) is 1. The number of carbonyl (C=O) groups is 1. The zero-order valence-corrected chi connectivity index (χ0v) is 9.34. The maximum atomic E-state index is 11.5. The molecule has 0 spiro atoms. The SMILES string of the molecule is CCCC(CN)C(=O)NCC(C)(C)O. The molecule has 0 aromatic heterocycles. The fourth-order valence-corrected chi connectivity index (χ4v) is 1.15. The van der Waals surface area contributed by atoms with Crippen molar-refractivity contribution in [2.75, 3.05) is 13.1 Å². The molecule has 0 aliphatic rings. The smallest absolute Gasteiger partial charge is 0.224 e. The Morgan fingerprint density at radius 1 is 1.57 bits per heavy atom. The second-order valence-electron chi connectivity index (χ2n) is 4.25. The molecule has 0 aromatic rings. The van der Waals surface area contributed by atoms with Gasteiger partial charge in [-0.3, -0.25) is 4.79 Å². The Labute approximate surface area is 85.9 Å². The van der Waals surface area contributed by atoms with E-state index < -0.39 is 5.60 Å². The summed E-state index contributed by atoms with van der Waals surface area (Å²) in [6.45, 7) is 5.97. The highest BCUT2D eigenvalue weighted by molar-refractivity contribution is 5.78. The number of carbonyl (C=O) groups excluding carboxylic acids is 1. The molecule has 4 nitrogen and oxygen atoms in total. The van der Waals surface area contributed by atoms with Gasteiger partial charge in [0.15, 0.2) is 0 Å². The summed E-state index contributed by atoms with van der Waals surface area (Å²) in [4.78, 5) is 11.5. The molecule has 0 aliphatic heterocycles. The lowest BCUT2D eigenvalue weighted by atomic mass is 10.0. The number of hydrogen-bond acceptors (Lipinski definition) is 3. The van der Waals surface area contributed by atoms with Crippen molar-refractivity contribution >= 4 is 5.91 Å². The number of nitrogens with two attached hydrogens (primary N) is 1. The van der Waals surface area contributed by atoms with E-state index in [9.17, 15) is 9.90 Å². The summed E-state index contributed by atoms with van der Waals surface area (Å²) in [7, 11) is 0. The van der Waals surface area contributed by atoms with E-state index in [2.05, 4.69) is 5.32 Å². The molecule has 0 radical (unpaired) electrons. The van der Waals surface area contributed by atoms with E-state index in [-0.39, 0.29) is 18.4 Å². The van der Waals surface area contributed by atoms with Crippen LogP contribution in [0.15, 0.2) is 0 Å². The van der Waals surface area contributed by atoms with Crippen LogP contribution in [0.4, 0.5) is 0 Å². The molecule has 0 saturated carbocycles. The van der Waals surface area contributed by atoms with Gasteiger partial charge >= 0.3 is 0 Å². The van der Waals surface area contributed by atoms with Crippen LogP contribution in [0.2, 0.25) is 0 Å². The van der Waals surface area contributed by atoms with Crippen molar-refractivity contribution in [2.24, 2.45) is 11.7 Å². The predicted molar refractivity (Wildman–Crippen MR) is 56.8 cm³/mol. The summed E-state index contributed by atoms with van der Waals surface area (Å²) in [5.41, 5.74) is 4.62. The van der Waals surface area contributed by atoms with Crippen molar-refractivity contribution in [2.45, 2.75) is 39.2 Å². The molecular weight excluding hydrogens is 180 g/mol. The van der Waals surface area contributed by atoms with E-state index in [1.165, 1.54) is 0 Å². The molecule has 0 bridgehead atoms. The molecule has 1 unspecified atom stereocenters. The first kappa shape index (κ1) is 13.4. The van der Waals surface area contributed by atoms with Crippen LogP contribution in [0.25, 0.3) is 0 Å². The lowest BCUT2D eigenvalue weighted by molar-refractivity contribution is -0.125. The standard InChI is InChI=1S/C10H22N2O2/c1-4-5-8(6-11)9(13)12-7-10(2,3)14/h8,14H,4-7,11H2,1-3H3,(H,12,13). The molecule has 0 fully saturated rings. The molecule has 84 valence electrons. The van der Waals surface area contributed by atoms with Crippen molar-refractivity contribution in [1.29, 1.82) is 0 Å². The highest BCUT2D eigenvalue weighted by atomic mass is 16.3. The lowest BCUT2D eigenvalue weighted by Gasteiger charge is -2.20. The normalized spacial score (nSPS) is 13.8. The molecule has 0 heterocycles. The molecular formula is C10H22N2O2. The van der Waals surface area contributed by atoms with Gasteiger partial charge in [0.2, 0.25) is 5.91 Å². The minimum Gasteiger partial charge on any atom is -0.389 e. The largest absolute Gasteiger partial charge is 0.389 e. The minimum absolute atomic E-state index is 0.0588. The molecule has 1 amide bonds. The molecule has 4 N–H and O–H groups in total. The van der Waals surface area contributed by atoms with Crippen LogP contribution in [0.3, 0.4) is 0 Å². The van der Waals surface area contributed by atoms with Gasteiger partial charge < -0.3 is 16.2 Å². The topological polar surface area (TPSA) is 75.4 Å². The van der Waals surface area contributed by atoms with Gasteiger partial charge in [-0.25, -0.2) is 0 Å². The van der Waals surface area contributed by atoms with E-state index >= 15 is 0 Å². The predicted octanol–water partition coefficient (Wildman–Crippen LogP) is 0.249. The van der Waals surface area contributed by atoms with Gasteiger partial charge in [-0.1, -0.05) is 13.3 Å². The molecule has 0 aliphatic carbocycles. The second kappa shape index (κ2) is 5.98. The first-order valence-corrected chi connectivity index (χ1v) is 5.11. The van der Waals surface area contributed by atoms with Gasteiger partial charge in [0.1, 0.15) is 0 Å². The number of hydrogen-bond donors (Lipinski definition) is 3. The van der Waals surface area contributed by atoms with Crippen LogP contribution in [-0.2, 0) is 4.79 Å². The van der Waals surface area contributed by atoms with Crippen LogP contribution >= 0.6 is 0 Å². The van der Waals surface area contributed by atoms with Crippen LogP contribution in [0.5, 0.6) is 0 Å². The van der Waals surface area contributed by atoms with Crippen LogP contribution in [0, 0.1) is 5.92 Å². The third kappa shape index (κ3) is 5.94. The van der Waals surface area contributed by atoms with E-state index in [0.29, 0.717) is 6.54 Å². The molecule has 1 atom stereocenters. The zero-order valence-electron chi connectivity index (χ0n) is 9.34. The average Bonchev–Trinajstić information content (AvgIpc) is 2.09. The average molecular weight is 202 g/mol. The van der Waals surface area contributed by atoms with Crippen LogP contribution < -0.4 is 11.1 Å². The summed E-state index contributed by atoms with van der Waals surface area (Å²) in [5, 5.41) is 12.1. The Morgan fingerprint density at radius 2 is 2.14 bits per heavy atom. The summed E-state index contributed by atoms with van der Waals surface area (Å²) in [5.74, 6) is -0.182. The van der Waals surface area contributed by atoms with Gasteiger partial charge in [0, 0.05) is 13.1 Å². The molecule has 4 heteroatoms. The highest BCUT2D eigenvalue weighted by Gasteiger charge is 2.19. The van der Waals surface area contributed by atoms with Crippen LogP contribution in [-0.4, -0.2) is 29.7 Å². The van der Waals surface area contributed by atoms with Gasteiger partial charge in [-0.15, -0.1) is 0 Å². The Hall–Kier alpha value is -0.610. The van der Waals surface area contributed by atoms with E-state index in [0.717, 1.165) is 12.8 Å². The number of aliphatic hydroxyl groups is 1. The monoisotopic (exact) mass is 202 g/mol. The maximum Gasteiger partial charge on any atom is 0.224 e. The Bertz CT molecular complexity index is 175. The molecule has 0 aromatic carbocycles. The number of amides is 1. The second-order valence-corrected chi connectivity index (χ2v) is 4.25. The van der Waals surface area contributed by atoms with E-state index in [1.807, 2.05) is 6.92 Å². The maximum absolute atomic E-state index is 11.5. The summed E-state index contributed by atoms with van der Waals surface area (Å²) in [6, 6.07) is 0. The Balaban J connectivity index is 3.93. The third-order valence-electron chi connectivity index (χ3n) is 1.99. The highest BCUT2D eigenvalue weighted by Crippen LogP contribution is 2.05. The fraction of sp³-hybridized carbons (Fsp3) is 0.900. The van der Waals surface area contributed by atoms with Gasteiger partial charge in [0.05, 0.1) is 11.5 Å². The van der Waals surface area contributed by atoms with Crippen LogP contribution in [0.1, 0.15) is 33.6 Å². The molecule has 0 rings (SSSR count). The van der Waals surface area contributed by atoms with Gasteiger partial charge in [0.25, 0.3) is 0 Å². The van der Waals surface area contributed by atoms with E-state index in [4.69, 9.17) is 5.73 Å². The van der Waals surface area contributed by atoms with E-state index in [1.54, 1.807) is 13.8 Å². The van der Waals surface area contributed by atoms with Gasteiger partial charge in [-0.2, -0.15) is 0 Å². The summed E-state index contributed by atoms with van der Waals surface area (Å²) in [6.07, 6.45) is 1.74. The summed E-state index contributed by atoms with van der Waals surface area (Å²) >= 11 is 0. The zero-order chi connectivity index (χ0) is 11.2. The van der Waals surface area contributed by atoms with Crippen molar-refractivity contribution in [3.8, 4) is 0 Å². The van der Waals surface area contributed by atoms with Crippen molar-refractivity contribution in [1.82, 2.24) is 5.32 Å². The first-order chi connectivity index (χ1) is 6.40. The van der Waals surface area contributed by atoms with Gasteiger partial charge in [-0.05, 0) is 20.3 Å². The Kier molecular flexibility index (Phi) is 5.72. The molecule has 0 saturated heterocycles. The van der Waals surface area contributed by atoms with Crippen molar-refractivity contribution in [3.05, 3.63) is 0 Å².